The molecule has 0 aliphatic carbocycles. The standard InChI is InChI=1S/C27H25F2N4O7P/c1-3-17-20(9-11-31-25(17)30)39-21-8-5-15(13-19(21)29)32-26(34)24-22(38-4-2)10-12-33(27(24)35)16-6-7-18(28)23(14-16)40-41(36)37/h5-14,36-37H,3-4H2,1-2H3,(H2,30,31)(H,32,34). The van der Waals surface area contributed by atoms with Gasteiger partial charge in [0.15, 0.2) is 23.1 Å². The number of carbonyl (C=O) groups is 1. The molecule has 0 unspecified atom stereocenters. The Morgan fingerprint density at radius 3 is 2.49 bits per heavy atom. The number of anilines is 2. The van der Waals surface area contributed by atoms with E-state index in [9.17, 15) is 18.4 Å². The van der Waals surface area contributed by atoms with Crippen LogP contribution in [0.3, 0.4) is 0 Å². The minimum Gasteiger partial charge on any atom is -0.493 e. The van der Waals surface area contributed by atoms with Gasteiger partial charge < -0.3 is 34.8 Å². The second kappa shape index (κ2) is 12.7. The quantitative estimate of drug-likeness (QED) is 0.194. The summed E-state index contributed by atoms with van der Waals surface area (Å²) in [5, 5.41) is 2.48. The highest BCUT2D eigenvalue weighted by molar-refractivity contribution is 7.39. The van der Waals surface area contributed by atoms with Crippen LogP contribution in [0.1, 0.15) is 29.8 Å². The SMILES string of the molecule is CCOc1ccn(-c2ccc(F)c(OP(O)O)c2)c(=O)c1C(=O)Nc1ccc(Oc2ccnc(N)c2CC)c(F)c1. The third-order valence-corrected chi connectivity index (χ3v) is 6.12. The fraction of sp³-hybridized carbons (Fsp3) is 0.148. The summed E-state index contributed by atoms with van der Waals surface area (Å²) >= 11 is 0. The second-order valence-electron chi connectivity index (χ2n) is 8.35. The number of benzene rings is 2. The molecule has 14 heteroatoms. The van der Waals surface area contributed by atoms with Gasteiger partial charge in [0.25, 0.3) is 11.5 Å². The normalized spacial score (nSPS) is 10.9. The van der Waals surface area contributed by atoms with Crippen molar-refractivity contribution in [2.75, 3.05) is 17.7 Å². The van der Waals surface area contributed by atoms with Gasteiger partial charge in [-0.1, -0.05) is 6.92 Å². The molecule has 0 aliphatic heterocycles. The summed E-state index contributed by atoms with van der Waals surface area (Å²) in [6.45, 7) is 3.65. The lowest BCUT2D eigenvalue weighted by Crippen LogP contribution is -2.29. The van der Waals surface area contributed by atoms with Crippen molar-refractivity contribution in [2.45, 2.75) is 20.3 Å². The fourth-order valence-electron chi connectivity index (χ4n) is 3.92. The first-order chi connectivity index (χ1) is 19.6. The topological polar surface area (TPSA) is 158 Å². The van der Waals surface area contributed by atoms with Crippen molar-refractivity contribution in [1.82, 2.24) is 9.55 Å². The molecule has 0 saturated heterocycles. The number of hydrogen-bond donors (Lipinski definition) is 4. The van der Waals surface area contributed by atoms with E-state index in [0.717, 1.165) is 22.8 Å². The van der Waals surface area contributed by atoms with E-state index in [-0.39, 0.29) is 35.3 Å². The molecule has 214 valence electrons. The number of amides is 1. The average molecular weight is 586 g/mol. The molecule has 0 aliphatic rings. The van der Waals surface area contributed by atoms with E-state index in [1.54, 1.807) is 13.0 Å². The van der Waals surface area contributed by atoms with Crippen LogP contribution in [-0.2, 0) is 6.42 Å². The zero-order valence-electron chi connectivity index (χ0n) is 21.8. The number of nitrogens with two attached hydrogens (primary N) is 1. The number of rotatable bonds is 10. The Kier molecular flexibility index (Phi) is 9.13. The third kappa shape index (κ3) is 6.60. The van der Waals surface area contributed by atoms with Crippen LogP contribution in [0.4, 0.5) is 20.3 Å². The molecule has 0 atom stereocenters. The van der Waals surface area contributed by atoms with Gasteiger partial charge in [-0.25, -0.2) is 13.8 Å². The summed E-state index contributed by atoms with van der Waals surface area (Å²) in [6, 6.07) is 9.90. The predicted octanol–water partition coefficient (Wildman–Crippen LogP) is 4.69. The predicted molar refractivity (Wildman–Crippen MR) is 148 cm³/mol. The van der Waals surface area contributed by atoms with Crippen LogP contribution in [0.25, 0.3) is 5.69 Å². The monoisotopic (exact) mass is 586 g/mol. The smallest absolute Gasteiger partial charge is 0.391 e. The average Bonchev–Trinajstić information content (AvgIpc) is 2.92. The van der Waals surface area contributed by atoms with Gasteiger partial charge in [-0.3, -0.25) is 14.2 Å². The Labute approximate surface area is 233 Å². The number of nitrogens with zero attached hydrogens (tertiary/aromatic N) is 2. The molecular formula is C27H25F2N4O7P. The molecule has 5 N–H and O–H groups in total. The van der Waals surface area contributed by atoms with Gasteiger partial charge in [-0.15, -0.1) is 0 Å². The lowest BCUT2D eigenvalue weighted by atomic mass is 10.2. The molecule has 0 fully saturated rings. The number of hydrogen-bond acceptors (Lipinski definition) is 9. The zero-order chi connectivity index (χ0) is 29.7. The third-order valence-electron chi connectivity index (χ3n) is 5.76. The number of carbonyl (C=O) groups excluding carboxylic acids is 1. The molecule has 1 amide bonds. The fourth-order valence-corrected chi connectivity index (χ4v) is 4.24. The minimum atomic E-state index is -2.92. The number of pyridine rings is 2. The van der Waals surface area contributed by atoms with Crippen molar-refractivity contribution >= 4 is 26.0 Å². The first-order valence-corrected chi connectivity index (χ1v) is 13.4. The molecule has 2 heterocycles. The number of aromatic nitrogens is 2. The van der Waals surface area contributed by atoms with Gasteiger partial charge >= 0.3 is 8.60 Å². The molecule has 0 radical (unpaired) electrons. The maximum absolute atomic E-state index is 15.0. The first-order valence-electron chi connectivity index (χ1n) is 12.2. The lowest BCUT2D eigenvalue weighted by Gasteiger charge is -2.15. The summed E-state index contributed by atoms with van der Waals surface area (Å²) in [5.74, 6) is -2.65. The highest BCUT2D eigenvalue weighted by Crippen LogP contribution is 2.33. The van der Waals surface area contributed by atoms with Crippen LogP contribution in [0.15, 0.2) is 65.7 Å². The van der Waals surface area contributed by atoms with Crippen molar-refractivity contribution in [1.29, 1.82) is 0 Å². The van der Waals surface area contributed by atoms with Crippen LogP contribution < -0.4 is 30.6 Å². The molecule has 41 heavy (non-hydrogen) atoms. The van der Waals surface area contributed by atoms with Crippen LogP contribution in [0.2, 0.25) is 0 Å². The number of halogens is 2. The lowest BCUT2D eigenvalue weighted by molar-refractivity contribution is 0.102. The molecule has 0 bridgehead atoms. The van der Waals surface area contributed by atoms with E-state index < -0.39 is 43.0 Å². The molecule has 4 aromatic rings. The van der Waals surface area contributed by atoms with E-state index in [1.807, 2.05) is 6.92 Å². The Morgan fingerprint density at radius 1 is 1.02 bits per heavy atom. The van der Waals surface area contributed by atoms with E-state index >= 15 is 0 Å². The molecule has 4 rings (SSSR count). The van der Waals surface area contributed by atoms with Gasteiger partial charge in [-0.2, -0.15) is 0 Å². The summed E-state index contributed by atoms with van der Waals surface area (Å²) in [7, 11) is -2.92. The molecule has 2 aromatic heterocycles. The second-order valence-corrected chi connectivity index (χ2v) is 9.04. The Morgan fingerprint density at radius 2 is 1.80 bits per heavy atom. The van der Waals surface area contributed by atoms with E-state index in [1.165, 1.54) is 36.7 Å². The molecule has 11 nitrogen and oxygen atoms in total. The molecule has 0 spiro atoms. The molecule has 2 aromatic carbocycles. The molecule has 0 saturated carbocycles. The van der Waals surface area contributed by atoms with Crippen LogP contribution in [0.5, 0.6) is 23.0 Å². The summed E-state index contributed by atoms with van der Waals surface area (Å²) < 4.78 is 45.8. The van der Waals surface area contributed by atoms with Crippen molar-refractivity contribution < 1.29 is 37.4 Å². The Balaban J connectivity index is 1.65. The van der Waals surface area contributed by atoms with E-state index in [4.69, 9.17) is 25.0 Å². The van der Waals surface area contributed by atoms with Crippen molar-refractivity contribution in [2.24, 2.45) is 0 Å². The van der Waals surface area contributed by atoms with E-state index in [2.05, 4.69) is 14.8 Å². The maximum Gasteiger partial charge on any atom is 0.391 e. The summed E-state index contributed by atoms with van der Waals surface area (Å²) in [5.41, 5.74) is 5.32. The largest absolute Gasteiger partial charge is 0.493 e. The minimum absolute atomic E-state index is 0.0266. The number of nitrogens with one attached hydrogen (secondary N) is 1. The van der Waals surface area contributed by atoms with Gasteiger partial charge in [0.1, 0.15) is 22.9 Å². The van der Waals surface area contributed by atoms with Crippen molar-refractivity contribution in [3.05, 3.63) is 94.0 Å². The summed E-state index contributed by atoms with van der Waals surface area (Å²) in [4.78, 5) is 48.9. The van der Waals surface area contributed by atoms with Crippen molar-refractivity contribution in [3.8, 4) is 28.7 Å². The van der Waals surface area contributed by atoms with Gasteiger partial charge in [0.05, 0.1) is 12.3 Å². The van der Waals surface area contributed by atoms with Crippen molar-refractivity contribution in [3.63, 3.8) is 0 Å². The number of nitrogen functional groups attached to an aromatic ring is 1. The maximum atomic E-state index is 15.0. The Bertz CT molecular complexity index is 1650. The van der Waals surface area contributed by atoms with Crippen LogP contribution in [0, 0.1) is 11.6 Å². The van der Waals surface area contributed by atoms with Gasteiger partial charge in [0, 0.05) is 35.8 Å². The summed E-state index contributed by atoms with van der Waals surface area (Å²) in [6.07, 6.45) is 3.25. The first kappa shape index (κ1) is 29.4. The Hall–Kier alpha value is -4.58. The zero-order valence-corrected chi connectivity index (χ0v) is 22.7. The van der Waals surface area contributed by atoms with Gasteiger partial charge in [0.2, 0.25) is 0 Å². The highest BCUT2D eigenvalue weighted by Gasteiger charge is 2.22. The van der Waals surface area contributed by atoms with Crippen LogP contribution >= 0.6 is 8.60 Å². The number of ether oxygens (including phenoxy) is 2. The highest BCUT2D eigenvalue weighted by atomic mass is 31.2. The van der Waals surface area contributed by atoms with Gasteiger partial charge in [-0.05, 0) is 49.7 Å². The van der Waals surface area contributed by atoms with Crippen LogP contribution in [-0.4, -0.2) is 31.9 Å². The van der Waals surface area contributed by atoms with E-state index in [0.29, 0.717) is 17.7 Å². The molecular weight excluding hydrogens is 561 g/mol.